The first-order valence-electron chi connectivity index (χ1n) is 16.5. The van der Waals surface area contributed by atoms with Crippen LogP contribution in [0.2, 0.25) is 0 Å². The lowest BCUT2D eigenvalue weighted by atomic mass is 9.47. The molecule has 1 aliphatic heterocycles. The van der Waals surface area contributed by atoms with Crippen LogP contribution in [0.1, 0.15) is 112 Å². The van der Waals surface area contributed by atoms with Crippen molar-refractivity contribution in [1.29, 1.82) is 0 Å². The molecule has 5 nitrogen and oxygen atoms in total. The van der Waals surface area contributed by atoms with E-state index in [2.05, 4.69) is 47.6 Å². The van der Waals surface area contributed by atoms with E-state index in [0.29, 0.717) is 5.41 Å². The number of aliphatic hydroxyl groups is 3. The first-order chi connectivity index (χ1) is 18.5. The molecule has 39 heavy (non-hydrogen) atoms. The van der Waals surface area contributed by atoms with E-state index in [1.54, 1.807) is 5.57 Å². The second-order valence-corrected chi connectivity index (χ2v) is 15.2. The molecule has 4 fully saturated rings. The Balaban J connectivity index is 1.23. The molecule has 224 valence electrons. The summed E-state index contributed by atoms with van der Waals surface area (Å²) < 4.78 is 11.8. The highest BCUT2D eigenvalue weighted by atomic mass is 16.7. The summed E-state index contributed by atoms with van der Waals surface area (Å²) in [5, 5.41) is 30.2. The predicted molar refractivity (Wildman–Crippen MR) is 155 cm³/mol. The number of hydrogen-bond acceptors (Lipinski definition) is 5. The fraction of sp³-hybridized carbons (Fsp3) is 0.941. The summed E-state index contributed by atoms with van der Waals surface area (Å²) in [7, 11) is 0. The van der Waals surface area contributed by atoms with E-state index in [0.717, 1.165) is 60.7 Å². The van der Waals surface area contributed by atoms with Crippen LogP contribution in [0.4, 0.5) is 0 Å². The van der Waals surface area contributed by atoms with Crippen LogP contribution in [0.5, 0.6) is 0 Å². The van der Waals surface area contributed by atoms with E-state index >= 15 is 0 Å². The van der Waals surface area contributed by atoms with Crippen molar-refractivity contribution in [2.45, 2.75) is 143 Å². The maximum absolute atomic E-state index is 10.4. The molecule has 0 radical (unpaired) electrons. The highest BCUT2D eigenvalue weighted by molar-refractivity contribution is 5.25. The Morgan fingerprint density at radius 1 is 0.974 bits per heavy atom. The van der Waals surface area contributed by atoms with Crippen LogP contribution >= 0.6 is 0 Å². The van der Waals surface area contributed by atoms with Gasteiger partial charge >= 0.3 is 0 Å². The van der Waals surface area contributed by atoms with Crippen molar-refractivity contribution in [3.05, 3.63) is 11.6 Å². The molecule has 0 aromatic carbocycles. The van der Waals surface area contributed by atoms with E-state index < -0.39 is 24.6 Å². The van der Waals surface area contributed by atoms with Gasteiger partial charge < -0.3 is 24.8 Å². The van der Waals surface area contributed by atoms with Crippen LogP contribution in [-0.2, 0) is 9.47 Å². The average molecular weight is 547 g/mol. The fourth-order valence-corrected chi connectivity index (χ4v) is 10.5. The molecule has 3 saturated carbocycles. The zero-order valence-corrected chi connectivity index (χ0v) is 25.6. The summed E-state index contributed by atoms with van der Waals surface area (Å²) in [6.45, 7) is 15.0. The third-order valence-corrected chi connectivity index (χ3v) is 13.1. The van der Waals surface area contributed by atoms with Crippen molar-refractivity contribution >= 4 is 0 Å². The van der Waals surface area contributed by atoms with Gasteiger partial charge in [-0.15, -0.1) is 0 Å². The predicted octanol–water partition coefficient (Wildman–Crippen LogP) is 6.49. The van der Waals surface area contributed by atoms with Crippen LogP contribution in [-0.4, -0.2) is 52.6 Å². The lowest BCUT2D eigenvalue weighted by Crippen LogP contribution is -2.55. The van der Waals surface area contributed by atoms with E-state index in [1.165, 1.54) is 51.4 Å². The lowest BCUT2D eigenvalue weighted by molar-refractivity contribution is -0.284. The Labute approximate surface area is 238 Å². The number of aliphatic hydroxyl groups excluding tert-OH is 3. The van der Waals surface area contributed by atoms with Crippen LogP contribution < -0.4 is 0 Å². The van der Waals surface area contributed by atoms with Gasteiger partial charge in [0.2, 0.25) is 0 Å². The van der Waals surface area contributed by atoms with Crippen molar-refractivity contribution < 1.29 is 24.8 Å². The number of rotatable bonds is 8. The molecule has 0 unspecified atom stereocenters. The highest BCUT2D eigenvalue weighted by Crippen LogP contribution is 2.67. The summed E-state index contributed by atoms with van der Waals surface area (Å²) in [5.41, 5.74) is 2.31. The van der Waals surface area contributed by atoms with Gasteiger partial charge in [0.15, 0.2) is 6.29 Å². The van der Waals surface area contributed by atoms with Gasteiger partial charge in [-0.2, -0.15) is 0 Å². The third kappa shape index (κ3) is 5.42. The Morgan fingerprint density at radius 3 is 2.46 bits per heavy atom. The zero-order valence-electron chi connectivity index (χ0n) is 25.6. The zero-order chi connectivity index (χ0) is 28.1. The van der Waals surface area contributed by atoms with Gasteiger partial charge in [0, 0.05) is 0 Å². The second kappa shape index (κ2) is 11.7. The monoisotopic (exact) mass is 546 g/mol. The van der Waals surface area contributed by atoms with E-state index in [4.69, 9.17) is 9.47 Å². The minimum atomic E-state index is -1.22. The van der Waals surface area contributed by atoms with Crippen molar-refractivity contribution in [3.8, 4) is 0 Å². The SMILES string of the molecule is CC[C@H](CC[C@@H](C)[C@H]1CC[C@H]2[C@@H]3CC=C4C[C@@H](O[C@@H]5OC[C@H](O)[C@@H](O)[C@@H]5O)CC[C@]4(C)[C@H]3CC[C@]12C)C(C)C. The molecule has 0 spiro atoms. The van der Waals surface area contributed by atoms with Gasteiger partial charge in [-0.25, -0.2) is 0 Å². The van der Waals surface area contributed by atoms with Crippen molar-refractivity contribution in [3.63, 3.8) is 0 Å². The first-order valence-corrected chi connectivity index (χ1v) is 16.5. The van der Waals surface area contributed by atoms with Gasteiger partial charge in [-0.1, -0.05) is 66.0 Å². The quantitative estimate of drug-likeness (QED) is 0.303. The smallest absolute Gasteiger partial charge is 0.186 e. The van der Waals surface area contributed by atoms with E-state index in [-0.39, 0.29) is 18.1 Å². The molecule has 5 aliphatic rings. The molecule has 1 heterocycles. The minimum Gasteiger partial charge on any atom is -0.388 e. The van der Waals surface area contributed by atoms with Gasteiger partial charge in [0.1, 0.15) is 18.3 Å². The standard InChI is InChI=1S/C34H58O5/c1-7-22(20(2)3)9-8-21(4)26-12-13-27-25-11-10-23-18-24(39-32-31(37)30(36)29(35)19-38-32)14-16-33(23,5)28(25)15-17-34(26,27)6/h10,20-22,24-32,35-37H,7-9,11-19H2,1-6H3/t21-,22-,24+,25+,26-,27+,28+,29+,30-,31+,32+,33+,34-/m1/s1. The molecule has 5 rings (SSSR count). The maximum atomic E-state index is 10.4. The Bertz CT molecular complexity index is 872. The number of fused-ring (bicyclic) bond motifs is 5. The summed E-state index contributed by atoms with van der Waals surface area (Å²) >= 11 is 0. The second-order valence-electron chi connectivity index (χ2n) is 15.2. The van der Waals surface area contributed by atoms with E-state index in [9.17, 15) is 15.3 Å². The number of hydrogen-bond donors (Lipinski definition) is 3. The van der Waals surface area contributed by atoms with Gasteiger partial charge in [0.25, 0.3) is 0 Å². The van der Waals surface area contributed by atoms with Crippen molar-refractivity contribution in [1.82, 2.24) is 0 Å². The summed E-state index contributed by atoms with van der Waals surface area (Å²) in [5.74, 6) is 5.83. The van der Waals surface area contributed by atoms with Gasteiger partial charge in [-0.3, -0.25) is 0 Å². The number of ether oxygens (including phenoxy) is 2. The Kier molecular flexibility index (Phi) is 8.98. The Hall–Kier alpha value is -0.460. The van der Waals surface area contributed by atoms with Crippen molar-refractivity contribution in [2.75, 3.05) is 6.61 Å². The largest absolute Gasteiger partial charge is 0.388 e. The Morgan fingerprint density at radius 2 is 1.74 bits per heavy atom. The topological polar surface area (TPSA) is 79.2 Å². The molecule has 5 heteroatoms. The van der Waals surface area contributed by atoms with Crippen LogP contribution in [0.3, 0.4) is 0 Å². The molecule has 0 aromatic heterocycles. The van der Waals surface area contributed by atoms with Crippen molar-refractivity contribution in [2.24, 2.45) is 52.3 Å². The highest BCUT2D eigenvalue weighted by Gasteiger charge is 2.59. The summed E-state index contributed by atoms with van der Waals surface area (Å²) in [6.07, 6.45) is 12.1. The molecular weight excluding hydrogens is 488 g/mol. The molecule has 0 bridgehead atoms. The first kappa shape index (κ1) is 30.0. The summed E-state index contributed by atoms with van der Waals surface area (Å²) in [4.78, 5) is 0. The molecule has 0 aromatic rings. The molecule has 0 amide bonds. The van der Waals surface area contributed by atoms with Crippen LogP contribution in [0, 0.1) is 52.3 Å². The molecule has 13 atom stereocenters. The van der Waals surface area contributed by atoms with Crippen LogP contribution in [0.15, 0.2) is 11.6 Å². The van der Waals surface area contributed by atoms with E-state index in [1.807, 2.05) is 0 Å². The van der Waals surface area contributed by atoms with Gasteiger partial charge in [0.05, 0.1) is 12.7 Å². The van der Waals surface area contributed by atoms with Crippen LogP contribution in [0.25, 0.3) is 0 Å². The third-order valence-electron chi connectivity index (χ3n) is 13.1. The number of allylic oxidation sites excluding steroid dienone is 1. The molecular formula is C34H58O5. The molecule has 3 N–H and O–H groups in total. The van der Waals surface area contributed by atoms with Gasteiger partial charge in [-0.05, 0) is 110 Å². The fourth-order valence-electron chi connectivity index (χ4n) is 10.5. The average Bonchev–Trinajstić information content (AvgIpc) is 3.26. The summed E-state index contributed by atoms with van der Waals surface area (Å²) in [6, 6.07) is 0. The normalized spacial score (nSPS) is 47.6. The maximum Gasteiger partial charge on any atom is 0.186 e. The lowest BCUT2D eigenvalue weighted by Gasteiger charge is -2.58. The molecule has 4 aliphatic carbocycles. The molecule has 1 saturated heterocycles. The minimum absolute atomic E-state index is 0.00351.